The van der Waals surface area contributed by atoms with Gasteiger partial charge in [-0.25, -0.2) is 9.48 Å². The number of piperidine rings is 1. The standard InChI is InChI=1S/C19H25N5O2.ClH/c1-2-22-18(15-7-5-10-20-12-15)21-24(19(22)26)13-17(25)23-11-9-14-6-3-4-8-16(14)23;/h3-4,6,8,15,20H,2,5,7,9-13H2,1H3;1H. The molecular formula is C19H26ClN5O2. The van der Waals surface area contributed by atoms with Crippen molar-refractivity contribution in [2.24, 2.45) is 0 Å². The fraction of sp³-hybridized carbons (Fsp3) is 0.526. The smallest absolute Gasteiger partial charge is 0.316 e. The molecule has 2 aromatic rings. The quantitative estimate of drug-likeness (QED) is 0.858. The van der Waals surface area contributed by atoms with Gasteiger partial charge in [-0.3, -0.25) is 9.36 Å². The Balaban J connectivity index is 0.00000210. The maximum Gasteiger partial charge on any atom is 0.346 e. The Morgan fingerprint density at radius 3 is 2.89 bits per heavy atom. The molecule has 4 rings (SSSR count). The molecule has 0 bridgehead atoms. The topological polar surface area (TPSA) is 72.2 Å². The van der Waals surface area contributed by atoms with E-state index < -0.39 is 0 Å². The molecule has 146 valence electrons. The third-order valence-corrected chi connectivity index (χ3v) is 5.40. The summed E-state index contributed by atoms with van der Waals surface area (Å²) in [6.45, 7) is 5.04. The molecule has 8 heteroatoms. The van der Waals surface area contributed by atoms with Gasteiger partial charge in [0.25, 0.3) is 0 Å². The van der Waals surface area contributed by atoms with E-state index in [2.05, 4.69) is 16.5 Å². The van der Waals surface area contributed by atoms with Crippen LogP contribution >= 0.6 is 12.4 Å². The first-order chi connectivity index (χ1) is 12.7. The van der Waals surface area contributed by atoms with Crippen LogP contribution in [0.5, 0.6) is 0 Å². The molecule has 1 amide bonds. The van der Waals surface area contributed by atoms with E-state index in [-0.39, 0.29) is 36.5 Å². The van der Waals surface area contributed by atoms with Crippen LogP contribution in [0.25, 0.3) is 0 Å². The summed E-state index contributed by atoms with van der Waals surface area (Å²) >= 11 is 0. The summed E-state index contributed by atoms with van der Waals surface area (Å²) in [4.78, 5) is 27.3. The van der Waals surface area contributed by atoms with Crippen LogP contribution in [0.3, 0.4) is 0 Å². The predicted molar refractivity (Wildman–Crippen MR) is 107 cm³/mol. The van der Waals surface area contributed by atoms with Crippen LogP contribution in [0, 0.1) is 0 Å². The molecule has 2 aliphatic rings. The van der Waals surface area contributed by atoms with Crippen LogP contribution in [-0.4, -0.2) is 39.9 Å². The SMILES string of the molecule is CCn1c(C2CCCNC2)nn(CC(=O)N2CCc3ccccc32)c1=O.Cl. The van der Waals surface area contributed by atoms with Gasteiger partial charge in [-0.05, 0) is 44.4 Å². The molecule has 7 nitrogen and oxygen atoms in total. The van der Waals surface area contributed by atoms with Crippen molar-refractivity contribution in [3.63, 3.8) is 0 Å². The van der Waals surface area contributed by atoms with E-state index >= 15 is 0 Å². The van der Waals surface area contributed by atoms with Gasteiger partial charge >= 0.3 is 5.69 Å². The van der Waals surface area contributed by atoms with E-state index in [1.807, 2.05) is 25.1 Å². The van der Waals surface area contributed by atoms with E-state index in [1.54, 1.807) is 9.47 Å². The normalized spacial score (nSPS) is 18.9. The van der Waals surface area contributed by atoms with Crippen LogP contribution < -0.4 is 15.9 Å². The number of anilines is 1. The highest BCUT2D eigenvalue weighted by molar-refractivity contribution is 5.95. The molecule has 1 fully saturated rings. The van der Waals surface area contributed by atoms with Crippen LogP contribution in [0.2, 0.25) is 0 Å². The van der Waals surface area contributed by atoms with Crippen LogP contribution in [0.15, 0.2) is 29.1 Å². The molecule has 1 aromatic heterocycles. The molecule has 1 aromatic carbocycles. The Bertz CT molecular complexity index is 869. The molecule has 2 aliphatic heterocycles. The number of benzene rings is 1. The summed E-state index contributed by atoms with van der Waals surface area (Å²) in [5.41, 5.74) is 1.95. The molecule has 0 radical (unpaired) electrons. The van der Waals surface area contributed by atoms with Crippen molar-refractivity contribution in [2.45, 2.75) is 45.2 Å². The van der Waals surface area contributed by atoms with Crippen LogP contribution in [0.4, 0.5) is 5.69 Å². The maximum atomic E-state index is 12.8. The number of nitrogens with one attached hydrogen (secondary N) is 1. The van der Waals surface area contributed by atoms with Crippen molar-refractivity contribution in [1.82, 2.24) is 19.7 Å². The fourth-order valence-corrected chi connectivity index (χ4v) is 4.04. The second-order valence-corrected chi connectivity index (χ2v) is 7.01. The summed E-state index contributed by atoms with van der Waals surface area (Å²) in [6, 6.07) is 7.95. The first-order valence-electron chi connectivity index (χ1n) is 9.45. The highest BCUT2D eigenvalue weighted by atomic mass is 35.5. The van der Waals surface area contributed by atoms with Gasteiger partial charge < -0.3 is 10.2 Å². The van der Waals surface area contributed by atoms with Crippen molar-refractivity contribution >= 4 is 24.0 Å². The number of halogens is 1. The van der Waals surface area contributed by atoms with Gasteiger partial charge in [0.1, 0.15) is 12.4 Å². The van der Waals surface area contributed by atoms with E-state index in [0.717, 1.165) is 43.9 Å². The van der Waals surface area contributed by atoms with Crippen molar-refractivity contribution in [3.8, 4) is 0 Å². The number of carbonyl (C=O) groups is 1. The maximum absolute atomic E-state index is 12.8. The Kier molecular flexibility index (Phi) is 6.01. The third-order valence-electron chi connectivity index (χ3n) is 5.40. The first kappa shape index (κ1) is 19.6. The average molecular weight is 392 g/mol. The van der Waals surface area contributed by atoms with Gasteiger partial charge in [-0.1, -0.05) is 18.2 Å². The minimum atomic E-state index is -0.186. The van der Waals surface area contributed by atoms with E-state index in [0.29, 0.717) is 13.1 Å². The molecule has 1 N–H and O–H groups in total. The fourth-order valence-electron chi connectivity index (χ4n) is 4.04. The number of amides is 1. The Labute approximate surface area is 164 Å². The number of rotatable bonds is 4. The molecule has 0 spiro atoms. The number of hydrogen-bond acceptors (Lipinski definition) is 4. The molecule has 27 heavy (non-hydrogen) atoms. The van der Waals surface area contributed by atoms with Gasteiger partial charge in [-0.2, -0.15) is 5.10 Å². The molecule has 0 saturated carbocycles. The average Bonchev–Trinajstić information content (AvgIpc) is 3.24. The third kappa shape index (κ3) is 3.66. The highest BCUT2D eigenvalue weighted by Crippen LogP contribution is 2.27. The number of aromatic nitrogens is 3. The minimum absolute atomic E-state index is 0. The highest BCUT2D eigenvalue weighted by Gasteiger charge is 2.27. The molecular weight excluding hydrogens is 366 g/mol. The molecule has 0 aliphatic carbocycles. The Morgan fingerprint density at radius 2 is 2.15 bits per heavy atom. The number of nitrogens with zero attached hydrogens (tertiary/aromatic N) is 4. The minimum Gasteiger partial charge on any atom is -0.316 e. The lowest BCUT2D eigenvalue weighted by Crippen LogP contribution is -2.36. The lowest BCUT2D eigenvalue weighted by molar-refractivity contribution is -0.119. The van der Waals surface area contributed by atoms with E-state index in [9.17, 15) is 9.59 Å². The summed E-state index contributed by atoms with van der Waals surface area (Å²) < 4.78 is 3.06. The van der Waals surface area contributed by atoms with Gasteiger partial charge in [0.15, 0.2) is 0 Å². The van der Waals surface area contributed by atoms with Crippen molar-refractivity contribution in [1.29, 1.82) is 0 Å². The second kappa shape index (κ2) is 8.27. The van der Waals surface area contributed by atoms with Crippen molar-refractivity contribution in [2.75, 3.05) is 24.5 Å². The summed E-state index contributed by atoms with van der Waals surface area (Å²) in [7, 11) is 0. The van der Waals surface area contributed by atoms with Crippen molar-refractivity contribution in [3.05, 3.63) is 46.1 Å². The number of hydrogen-bond donors (Lipinski definition) is 1. The largest absolute Gasteiger partial charge is 0.346 e. The molecule has 3 heterocycles. The lowest BCUT2D eigenvalue weighted by atomic mass is 9.99. The van der Waals surface area contributed by atoms with E-state index in [1.165, 1.54) is 10.2 Å². The number of carbonyl (C=O) groups excluding carboxylic acids is 1. The lowest BCUT2D eigenvalue weighted by Gasteiger charge is -2.21. The summed E-state index contributed by atoms with van der Waals surface area (Å²) in [5.74, 6) is 0.964. The Hall–Kier alpha value is -2.12. The van der Waals surface area contributed by atoms with E-state index in [4.69, 9.17) is 0 Å². The van der Waals surface area contributed by atoms with Crippen LogP contribution in [-0.2, 0) is 24.3 Å². The molecule has 1 saturated heterocycles. The summed E-state index contributed by atoms with van der Waals surface area (Å²) in [6.07, 6.45) is 2.97. The number of fused-ring (bicyclic) bond motifs is 1. The van der Waals surface area contributed by atoms with Crippen LogP contribution in [0.1, 0.15) is 37.1 Å². The van der Waals surface area contributed by atoms with Gasteiger partial charge in [-0.15, -0.1) is 12.4 Å². The van der Waals surface area contributed by atoms with Gasteiger partial charge in [0, 0.05) is 31.2 Å². The first-order valence-corrected chi connectivity index (χ1v) is 9.45. The molecule has 1 atom stereocenters. The van der Waals surface area contributed by atoms with Crippen molar-refractivity contribution < 1.29 is 4.79 Å². The monoisotopic (exact) mass is 391 g/mol. The second-order valence-electron chi connectivity index (χ2n) is 7.01. The zero-order valence-corrected chi connectivity index (χ0v) is 16.4. The zero-order valence-electron chi connectivity index (χ0n) is 15.6. The van der Waals surface area contributed by atoms with Gasteiger partial charge in [0.05, 0.1) is 0 Å². The number of para-hydroxylation sites is 1. The predicted octanol–water partition coefficient (Wildman–Crippen LogP) is 1.54. The zero-order chi connectivity index (χ0) is 18.1. The van der Waals surface area contributed by atoms with Gasteiger partial charge in [0.2, 0.25) is 5.91 Å². The Morgan fingerprint density at radius 1 is 1.33 bits per heavy atom. The molecule has 1 unspecified atom stereocenters. The summed E-state index contributed by atoms with van der Waals surface area (Å²) in [5, 5.41) is 7.92.